The first kappa shape index (κ1) is 18.7. The molecular weight excluding hydrogens is 391 g/mol. The predicted molar refractivity (Wildman–Crippen MR) is 107 cm³/mol. The van der Waals surface area contributed by atoms with E-state index in [9.17, 15) is 9.59 Å². The van der Waals surface area contributed by atoms with Crippen LogP contribution < -0.4 is 10.9 Å². The Hall–Kier alpha value is -2.10. The van der Waals surface area contributed by atoms with Gasteiger partial charge in [-0.15, -0.1) is 0 Å². The molecule has 0 radical (unpaired) electrons. The molecule has 0 bridgehead atoms. The van der Waals surface area contributed by atoms with E-state index in [0.717, 1.165) is 37.6 Å². The van der Waals surface area contributed by atoms with Crippen molar-refractivity contribution in [3.8, 4) is 0 Å². The predicted octanol–water partition coefficient (Wildman–Crippen LogP) is 3.36. The van der Waals surface area contributed by atoms with Crippen LogP contribution in [0.15, 0.2) is 53.3 Å². The third kappa shape index (κ3) is 4.54. The standard InChI is InChI=1S/C21H24N2O2Se/c1-16-10-9-13-18-19(16)26-23(21(18)25)15-8-3-2-7-14-22-20(24)17-11-5-4-6-12-17/h4-6,9-13H,2-3,7-8,14-15H2,1H3,(H,22,24). The number of aryl methyl sites for hydroxylation is 2. The average molecular weight is 415 g/mol. The molecule has 0 unspecified atom stereocenters. The second kappa shape index (κ2) is 9.02. The molecular formula is C21H24N2O2Se. The molecule has 0 spiro atoms. The van der Waals surface area contributed by atoms with Gasteiger partial charge >= 0.3 is 154 Å². The number of unbranched alkanes of at least 4 members (excludes halogenated alkanes) is 3. The summed E-state index contributed by atoms with van der Waals surface area (Å²) in [7, 11) is 0. The van der Waals surface area contributed by atoms with Gasteiger partial charge in [0.1, 0.15) is 0 Å². The molecule has 3 rings (SSSR count). The molecule has 3 aromatic rings. The molecule has 0 fully saturated rings. The van der Waals surface area contributed by atoms with Gasteiger partial charge in [-0.05, 0) is 0 Å². The number of nitrogens with one attached hydrogen (secondary N) is 1. The van der Waals surface area contributed by atoms with Gasteiger partial charge in [-0.1, -0.05) is 6.07 Å². The van der Waals surface area contributed by atoms with Gasteiger partial charge in [0.2, 0.25) is 0 Å². The van der Waals surface area contributed by atoms with E-state index >= 15 is 0 Å². The van der Waals surface area contributed by atoms with Gasteiger partial charge in [0.15, 0.2) is 0 Å². The van der Waals surface area contributed by atoms with E-state index in [1.807, 2.05) is 46.0 Å². The van der Waals surface area contributed by atoms with Crippen LogP contribution in [0.2, 0.25) is 0 Å². The van der Waals surface area contributed by atoms with Crippen molar-refractivity contribution in [1.29, 1.82) is 0 Å². The molecule has 0 aliphatic heterocycles. The summed E-state index contributed by atoms with van der Waals surface area (Å²) in [6.07, 6.45) is 4.14. The fraction of sp³-hybridized carbons (Fsp3) is 0.333. The topological polar surface area (TPSA) is 51.1 Å². The summed E-state index contributed by atoms with van der Waals surface area (Å²) in [6.45, 7) is 3.62. The van der Waals surface area contributed by atoms with Gasteiger partial charge in [0, 0.05) is 0 Å². The minimum atomic E-state index is -0.0101. The molecule has 2 aromatic carbocycles. The maximum atomic E-state index is 12.4. The van der Waals surface area contributed by atoms with Crippen molar-refractivity contribution in [2.45, 2.75) is 39.2 Å². The molecule has 0 aliphatic rings. The Labute approximate surface area is 159 Å². The zero-order chi connectivity index (χ0) is 18.4. The van der Waals surface area contributed by atoms with Crippen molar-refractivity contribution >= 4 is 30.3 Å². The maximum absolute atomic E-state index is 12.4. The van der Waals surface area contributed by atoms with Crippen molar-refractivity contribution in [2.75, 3.05) is 6.54 Å². The van der Waals surface area contributed by atoms with Crippen LogP contribution in [0.5, 0.6) is 0 Å². The molecule has 5 heteroatoms. The van der Waals surface area contributed by atoms with Gasteiger partial charge in [0.05, 0.1) is 0 Å². The second-order valence-electron chi connectivity index (χ2n) is 6.49. The van der Waals surface area contributed by atoms with Crippen LogP contribution in [0.25, 0.3) is 9.65 Å². The van der Waals surface area contributed by atoms with Crippen LogP contribution in [0.1, 0.15) is 41.6 Å². The van der Waals surface area contributed by atoms with E-state index in [1.165, 1.54) is 9.82 Å². The summed E-state index contributed by atoms with van der Waals surface area (Å²) in [5.41, 5.74) is 2.13. The number of fused-ring (bicyclic) bond motifs is 1. The zero-order valence-corrected chi connectivity index (χ0v) is 16.7. The summed E-state index contributed by atoms with van der Waals surface area (Å²) in [4.78, 5) is 24.3. The summed E-state index contributed by atoms with van der Waals surface area (Å²) < 4.78 is 3.26. The number of carbonyl (C=O) groups is 1. The number of amides is 1. The Morgan fingerprint density at radius 3 is 2.54 bits per heavy atom. The molecule has 1 amide bonds. The fourth-order valence-corrected chi connectivity index (χ4v) is 5.28. The molecule has 1 heterocycles. The Kier molecular flexibility index (Phi) is 6.48. The summed E-state index contributed by atoms with van der Waals surface area (Å²) in [6, 6.07) is 15.3. The molecule has 4 nitrogen and oxygen atoms in total. The molecule has 0 saturated heterocycles. The van der Waals surface area contributed by atoms with Crippen LogP contribution in [-0.2, 0) is 6.54 Å². The SMILES string of the molecule is Cc1cccc2c(=O)n(CCCCCCNC(=O)c3ccccc3)[se]c12. The van der Waals surface area contributed by atoms with E-state index in [-0.39, 0.29) is 26.2 Å². The summed E-state index contributed by atoms with van der Waals surface area (Å²) in [5, 5.41) is 3.85. The summed E-state index contributed by atoms with van der Waals surface area (Å²) in [5.74, 6) is -0.0101. The first-order valence-corrected chi connectivity index (χ1v) is 10.7. The first-order valence-electron chi connectivity index (χ1n) is 9.09. The number of nitrogens with zero attached hydrogens (tertiary/aromatic N) is 1. The Morgan fingerprint density at radius 2 is 1.77 bits per heavy atom. The molecule has 26 heavy (non-hydrogen) atoms. The molecule has 0 aliphatic carbocycles. The van der Waals surface area contributed by atoms with Crippen molar-refractivity contribution in [3.05, 3.63) is 70.0 Å². The minimum absolute atomic E-state index is 0.0101. The molecule has 1 aromatic heterocycles. The molecule has 136 valence electrons. The quantitative estimate of drug-likeness (QED) is 0.453. The van der Waals surface area contributed by atoms with Crippen LogP contribution in [0.3, 0.4) is 0 Å². The number of rotatable bonds is 8. The number of carbonyl (C=O) groups excluding carboxylic acids is 1. The van der Waals surface area contributed by atoms with E-state index in [2.05, 4.69) is 18.3 Å². The Bertz CT molecular complexity index is 928. The second-order valence-corrected chi connectivity index (χ2v) is 8.65. The van der Waals surface area contributed by atoms with Gasteiger partial charge in [-0.2, -0.15) is 0 Å². The van der Waals surface area contributed by atoms with Gasteiger partial charge in [0.25, 0.3) is 0 Å². The van der Waals surface area contributed by atoms with Crippen molar-refractivity contribution < 1.29 is 4.79 Å². The summed E-state index contributed by atoms with van der Waals surface area (Å²) >= 11 is 0.126. The van der Waals surface area contributed by atoms with E-state index in [0.29, 0.717) is 12.1 Å². The molecule has 0 saturated carbocycles. The van der Waals surface area contributed by atoms with Gasteiger partial charge in [-0.25, -0.2) is 0 Å². The van der Waals surface area contributed by atoms with Crippen LogP contribution >= 0.6 is 0 Å². The Morgan fingerprint density at radius 1 is 1.00 bits per heavy atom. The number of hydrogen-bond donors (Lipinski definition) is 1. The van der Waals surface area contributed by atoms with E-state index in [1.54, 1.807) is 0 Å². The van der Waals surface area contributed by atoms with Gasteiger partial charge in [-0.3, -0.25) is 0 Å². The van der Waals surface area contributed by atoms with E-state index < -0.39 is 0 Å². The Balaban J connectivity index is 1.37. The number of aromatic nitrogens is 1. The van der Waals surface area contributed by atoms with Crippen molar-refractivity contribution in [3.63, 3.8) is 0 Å². The third-order valence-electron chi connectivity index (χ3n) is 4.48. The molecule has 1 N–H and O–H groups in total. The van der Waals surface area contributed by atoms with Crippen LogP contribution in [0.4, 0.5) is 0 Å². The number of hydrogen-bond acceptors (Lipinski definition) is 2. The zero-order valence-electron chi connectivity index (χ0n) is 15.0. The first-order chi connectivity index (χ1) is 12.7. The van der Waals surface area contributed by atoms with Crippen molar-refractivity contribution in [2.24, 2.45) is 0 Å². The van der Waals surface area contributed by atoms with Crippen LogP contribution in [0, 0.1) is 6.92 Å². The fourth-order valence-electron chi connectivity index (χ4n) is 3.00. The van der Waals surface area contributed by atoms with Crippen molar-refractivity contribution in [1.82, 2.24) is 8.88 Å². The normalized spacial score (nSPS) is 11.0. The number of benzene rings is 2. The molecule has 0 atom stereocenters. The van der Waals surface area contributed by atoms with E-state index in [4.69, 9.17) is 0 Å². The third-order valence-corrected chi connectivity index (χ3v) is 7.19. The monoisotopic (exact) mass is 416 g/mol. The average Bonchev–Trinajstić information content (AvgIpc) is 2.99. The van der Waals surface area contributed by atoms with Crippen LogP contribution in [-0.4, -0.2) is 30.7 Å². The van der Waals surface area contributed by atoms with Gasteiger partial charge < -0.3 is 0 Å².